The van der Waals surface area contributed by atoms with E-state index in [1.165, 1.54) is 12.1 Å². The van der Waals surface area contributed by atoms with Gasteiger partial charge in [-0.25, -0.2) is 9.07 Å². The molecule has 1 N–H and O–H groups in total. The Morgan fingerprint density at radius 3 is 2.56 bits per heavy atom. The molecule has 0 saturated carbocycles. The minimum absolute atomic E-state index is 0.0836. The average Bonchev–Trinajstić information content (AvgIpc) is 3.01. The van der Waals surface area contributed by atoms with Gasteiger partial charge in [-0.2, -0.15) is 5.10 Å². The summed E-state index contributed by atoms with van der Waals surface area (Å²) >= 11 is 0. The van der Waals surface area contributed by atoms with Gasteiger partial charge in [0.1, 0.15) is 17.2 Å². The Morgan fingerprint density at radius 2 is 1.89 bits per heavy atom. The lowest BCUT2D eigenvalue weighted by molar-refractivity contribution is 0.104. The highest BCUT2D eigenvalue weighted by molar-refractivity contribution is 6.49. The molecule has 5 nitrogen and oxygen atoms in total. The number of halogens is 1. The molecule has 0 amide bonds. The van der Waals surface area contributed by atoms with Crippen LogP contribution in [0.15, 0.2) is 59.8 Å². The van der Waals surface area contributed by atoms with E-state index >= 15 is 0 Å². The van der Waals surface area contributed by atoms with Crippen LogP contribution in [0.2, 0.25) is 0 Å². The summed E-state index contributed by atoms with van der Waals surface area (Å²) in [5.74, 6) is -0.791. The standard InChI is InChI=1S/C21H18FN3O2/c1-21(2)12-16-17(19(26)20(21)24-27)18(13-7-6-8-14(22)11-13)23-25(16)15-9-4-3-5-10-15/h3-11,27H,12H2,1-2H3/b24-20+. The summed E-state index contributed by atoms with van der Waals surface area (Å²) in [5, 5.41) is 17.4. The van der Waals surface area contributed by atoms with E-state index in [9.17, 15) is 14.4 Å². The highest BCUT2D eigenvalue weighted by Crippen LogP contribution is 2.38. The van der Waals surface area contributed by atoms with Crippen LogP contribution in [0.1, 0.15) is 29.9 Å². The fourth-order valence-electron chi connectivity index (χ4n) is 3.58. The number of rotatable bonds is 2. The largest absolute Gasteiger partial charge is 0.411 e. The van der Waals surface area contributed by atoms with Gasteiger partial charge in [0.15, 0.2) is 0 Å². The van der Waals surface area contributed by atoms with E-state index in [0.717, 1.165) is 11.4 Å². The van der Waals surface area contributed by atoms with E-state index < -0.39 is 11.2 Å². The molecule has 0 spiro atoms. The van der Waals surface area contributed by atoms with Crippen LogP contribution in [0, 0.1) is 11.2 Å². The first-order valence-corrected chi connectivity index (χ1v) is 8.63. The third-order valence-corrected chi connectivity index (χ3v) is 4.87. The maximum Gasteiger partial charge on any atom is 0.215 e. The maximum absolute atomic E-state index is 13.8. The zero-order chi connectivity index (χ0) is 19.2. The number of benzene rings is 2. The molecule has 0 saturated heterocycles. The van der Waals surface area contributed by atoms with E-state index in [0.29, 0.717) is 23.2 Å². The van der Waals surface area contributed by atoms with E-state index in [-0.39, 0.29) is 11.5 Å². The third kappa shape index (κ3) is 2.73. The first-order chi connectivity index (χ1) is 12.9. The third-order valence-electron chi connectivity index (χ3n) is 4.87. The Bertz CT molecular complexity index is 1070. The summed E-state index contributed by atoms with van der Waals surface area (Å²) in [7, 11) is 0. The van der Waals surface area contributed by atoms with Crippen LogP contribution in [-0.4, -0.2) is 26.5 Å². The molecule has 1 aliphatic rings. The van der Waals surface area contributed by atoms with Crippen molar-refractivity contribution < 1.29 is 14.4 Å². The van der Waals surface area contributed by atoms with Crippen LogP contribution in [0.4, 0.5) is 4.39 Å². The lowest BCUT2D eigenvalue weighted by atomic mass is 9.73. The smallest absolute Gasteiger partial charge is 0.215 e. The molecule has 0 unspecified atom stereocenters. The van der Waals surface area contributed by atoms with Crippen molar-refractivity contribution in [2.45, 2.75) is 20.3 Å². The molecule has 1 heterocycles. The average molecular weight is 363 g/mol. The molecule has 3 aromatic rings. The van der Waals surface area contributed by atoms with Crippen molar-refractivity contribution in [3.05, 3.63) is 71.7 Å². The first-order valence-electron chi connectivity index (χ1n) is 8.63. The van der Waals surface area contributed by atoms with E-state index in [4.69, 9.17) is 0 Å². The number of hydrogen-bond acceptors (Lipinski definition) is 4. The van der Waals surface area contributed by atoms with Crippen LogP contribution in [0.5, 0.6) is 0 Å². The van der Waals surface area contributed by atoms with Crippen LogP contribution in [0.25, 0.3) is 16.9 Å². The zero-order valence-electron chi connectivity index (χ0n) is 15.0. The van der Waals surface area contributed by atoms with Gasteiger partial charge in [-0.3, -0.25) is 4.79 Å². The fraction of sp³-hybridized carbons (Fsp3) is 0.190. The highest BCUT2D eigenvalue weighted by Gasteiger charge is 2.43. The molecular formula is C21H18FN3O2. The second-order valence-electron chi connectivity index (χ2n) is 7.27. The molecule has 0 aliphatic heterocycles. The molecule has 1 aromatic heterocycles. The maximum atomic E-state index is 13.8. The second-order valence-corrected chi connectivity index (χ2v) is 7.27. The molecule has 0 fully saturated rings. The Kier molecular flexibility index (Phi) is 3.91. The normalized spacial score (nSPS) is 17.1. The number of para-hydroxylation sites is 1. The number of Topliss-reactive ketones (excluding diaryl/α,β-unsaturated/α-hetero) is 1. The summed E-state index contributed by atoms with van der Waals surface area (Å²) in [4.78, 5) is 13.1. The van der Waals surface area contributed by atoms with Gasteiger partial charge >= 0.3 is 0 Å². The summed E-state index contributed by atoms with van der Waals surface area (Å²) in [6.45, 7) is 3.71. The fourth-order valence-corrected chi connectivity index (χ4v) is 3.58. The zero-order valence-corrected chi connectivity index (χ0v) is 15.0. The number of fused-ring (bicyclic) bond motifs is 1. The second kappa shape index (κ2) is 6.16. The molecule has 4 rings (SSSR count). The van der Waals surface area contributed by atoms with E-state index in [1.54, 1.807) is 16.8 Å². The van der Waals surface area contributed by atoms with Gasteiger partial charge < -0.3 is 5.21 Å². The van der Waals surface area contributed by atoms with Gasteiger partial charge in [0.2, 0.25) is 5.78 Å². The number of nitrogens with zero attached hydrogens (tertiary/aromatic N) is 3. The number of aromatic nitrogens is 2. The molecule has 0 bridgehead atoms. The van der Waals surface area contributed by atoms with Crippen molar-refractivity contribution in [3.63, 3.8) is 0 Å². The number of carbonyl (C=O) groups is 1. The molecule has 27 heavy (non-hydrogen) atoms. The summed E-state index contributed by atoms with van der Waals surface area (Å²) in [6, 6.07) is 15.5. The van der Waals surface area contributed by atoms with Crippen LogP contribution >= 0.6 is 0 Å². The van der Waals surface area contributed by atoms with Gasteiger partial charge in [-0.05, 0) is 24.3 Å². The summed E-state index contributed by atoms with van der Waals surface area (Å²) in [6.07, 6.45) is 0.463. The number of oxime groups is 1. The highest BCUT2D eigenvalue weighted by atomic mass is 19.1. The van der Waals surface area contributed by atoms with Crippen molar-refractivity contribution in [1.29, 1.82) is 0 Å². The molecule has 136 valence electrons. The van der Waals surface area contributed by atoms with E-state index in [2.05, 4.69) is 10.3 Å². The molecule has 1 aliphatic carbocycles. The minimum Gasteiger partial charge on any atom is -0.411 e. The minimum atomic E-state index is -0.648. The SMILES string of the molecule is CC1(C)Cc2c(c(-c3cccc(F)c3)nn2-c2ccccc2)C(=O)/C1=N\O. The van der Waals surface area contributed by atoms with Crippen molar-refractivity contribution in [2.75, 3.05) is 0 Å². The predicted molar refractivity (Wildman–Crippen MR) is 100.0 cm³/mol. The lowest BCUT2D eigenvalue weighted by Gasteiger charge is -2.29. The molecule has 0 radical (unpaired) electrons. The molecular weight excluding hydrogens is 345 g/mol. The molecule has 2 aromatic carbocycles. The summed E-state index contributed by atoms with van der Waals surface area (Å²) < 4.78 is 15.5. The van der Waals surface area contributed by atoms with Gasteiger partial charge in [-0.1, -0.05) is 49.3 Å². The Hall–Kier alpha value is -3.28. The van der Waals surface area contributed by atoms with Gasteiger partial charge in [0, 0.05) is 17.4 Å². The van der Waals surface area contributed by atoms with Crippen LogP contribution in [-0.2, 0) is 6.42 Å². The van der Waals surface area contributed by atoms with Gasteiger partial charge in [-0.15, -0.1) is 0 Å². The molecule has 0 atom stereocenters. The van der Waals surface area contributed by atoms with Gasteiger partial charge in [0.25, 0.3) is 0 Å². The Morgan fingerprint density at radius 1 is 1.15 bits per heavy atom. The number of carbonyl (C=O) groups excluding carboxylic acids is 1. The quantitative estimate of drug-likeness (QED) is 0.546. The predicted octanol–water partition coefficient (Wildman–Crippen LogP) is 4.27. The first kappa shape index (κ1) is 17.1. The van der Waals surface area contributed by atoms with Crippen molar-refractivity contribution in [1.82, 2.24) is 9.78 Å². The monoisotopic (exact) mass is 363 g/mol. The van der Waals surface area contributed by atoms with Crippen molar-refractivity contribution in [2.24, 2.45) is 10.6 Å². The number of ketones is 1. The van der Waals surface area contributed by atoms with Gasteiger partial charge in [0.05, 0.1) is 16.9 Å². The summed E-state index contributed by atoms with van der Waals surface area (Å²) in [5.41, 5.74) is 2.22. The van der Waals surface area contributed by atoms with Crippen LogP contribution in [0.3, 0.4) is 0 Å². The van der Waals surface area contributed by atoms with E-state index in [1.807, 2.05) is 44.2 Å². The topological polar surface area (TPSA) is 67.5 Å². The Balaban J connectivity index is 2.03. The molecule has 6 heteroatoms. The van der Waals surface area contributed by atoms with Crippen LogP contribution < -0.4 is 0 Å². The van der Waals surface area contributed by atoms with Crippen molar-refractivity contribution >= 4 is 11.5 Å². The van der Waals surface area contributed by atoms with Crippen molar-refractivity contribution in [3.8, 4) is 16.9 Å². The lowest BCUT2D eigenvalue weighted by Crippen LogP contribution is -2.39. The number of hydrogen-bond donors (Lipinski definition) is 1. The Labute approximate surface area is 155 Å².